The highest BCUT2D eigenvalue weighted by atomic mass is 32.2. The van der Waals surface area contributed by atoms with Crippen molar-refractivity contribution in [3.8, 4) is 0 Å². The Bertz CT molecular complexity index is 835. The van der Waals surface area contributed by atoms with E-state index in [-0.39, 0.29) is 23.3 Å². The van der Waals surface area contributed by atoms with Crippen LogP contribution in [0.2, 0.25) is 0 Å². The molecule has 2 amide bonds. The van der Waals surface area contributed by atoms with Crippen molar-refractivity contribution in [2.45, 2.75) is 20.3 Å². The van der Waals surface area contributed by atoms with Crippen molar-refractivity contribution in [2.24, 2.45) is 0 Å². The fourth-order valence-corrected chi connectivity index (χ4v) is 3.80. The SMILES string of the molecule is Cc1cccc(C)c1NC(=O)C[S@](=O)CC(=O)NCCCN(C)c1ccccc1. The minimum Gasteiger partial charge on any atom is -0.375 e. The smallest absolute Gasteiger partial charge is 0.237 e. The molecule has 0 heterocycles. The van der Waals surface area contributed by atoms with E-state index in [4.69, 9.17) is 0 Å². The molecule has 2 aromatic rings. The van der Waals surface area contributed by atoms with Crippen molar-refractivity contribution in [1.82, 2.24) is 5.32 Å². The van der Waals surface area contributed by atoms with Gasteiger partial charge in [-0.05, 0) is 43.5 Å². The Kier molecular flexibility index (Phi) is 8.86. The highest BCUT2D eigenvalue weighted by Crippen LogP contribution is 2.19. The third kappa shape index (κ3) is 7.69. The first-order valence-corrected chi connectivity index (χ1v) is 11.1. The molecule has 0 aliphatic rings. The summed E-state index contributed by atoms with van der Waals surface area (Å²) >= 11 is 0. The first-order chi connectivity index (χ1) is 13.9. The number of hydrogen-bond donors (Lipinski definition) is 2. The molecule has 2 rings (SSSR count). The Morgan fingerprint density at radius 1 is 0.931 bits per heavy atom. The number of aryl methyl sites for hydroxylation is 2. The number of nitrogens with one attached hydrogen (secondary N) is 2. The van der Waals surface area contributed by atoms with E-state index < -0.39 is 10.8 Å². The van der Waals surface area contributed by atoms with Crippen LogP contribution in [0.4, 0.5) is 11.4 Å². The fraction of sp³-hybridized carbons (Fsp3) is 0.364. The van der Waals surface area contributed by atoms with Gasteiger partial charge >= 0.3 is 0 Å². The maximum Gasteiger partial charge on any atom is 0.237 e. The molecule has 0 spiro atoms. The van der Waals surface area contributed by atoms with E-state index in [1.54, 1.807) is 0 Å². The summed E-state index contributed by atoms with van der Waals surface area (Å²) in [7, 11) is 0.455. The molecule has 0 fully saturated rings. The second-order valence-electron chi connectivity index (χ2n) is 7.00. The number of rotatable bonds is 10. The molecule has 0 aliphatic carbocycles. The van der Waals surface area contributed by atoms with Gasteiger partial charge in [0.25, 0.3) is 0 Å². The van der Waals surface area contributed by atoms with Crippen molar-refractivity contribution >= 4 is 34.0 Å². The minimum absolute atomic E-state index is 0.172. The van der Waals surface area contributed by atoms with Crippen LogP contribution in [0.3, 0.4) is 0 Å². The summed E-state index contributed by atoms with van der Waals surface area (Å²) in [5.41, 5.74) is 3.75. The monoisotopic (exact) mass is 415 g/mol. The van der Waals surface area contributed by atoms with Crippen molar-refractivity contribution in [2.75, 3.05) is 41.9 Å². The lowest BCUT2D eigenvalue weighted by atomic mass is 10.1. The van der Waals surface area contributed by atoms with Crippen LogP contribution in [-0.4, -0.2) is 47.7 Å². The normalized spacial score (nSPS) is 11.6. The molecule has 0 aliphatic heterocycles. The topological polar surface area (TPSA) is 78.5 Å². The highest BCUT2D eigenvalue weighted by molar-refractivity contribution is 7.86. The van der Waals surface area contributed by atoms with Crippen LogP contribution in [0.15, 0.2) is 48.5 Å². The van der Waals surface area contributed by atoms with Gasteiger partial charge in [0.15, 0.2) is 0 Å². The molecule has 0 saturated carbocycles. The Morgan fingerprint density at radius 3 is 2.21 bits per heavy atom. The lowest BCUT2D eigenvalue weighted by molar-refractivity contribution is -0.118. The largest absolute Gasteiger partial charge is 0.375 e. The van der Waals surface area contributed by atoms with Crippen LogP contribution in [0.25, 0.3) is 0 Å². The molecule has 1 atom stereocenters. The quantitative estimate of drug-likeness (QED) is 0.585. The summed E-state index contributed by atoms with van der Waals surface area (Å²) in [4.78, 5) is 26.2. The van der Waals surface area contributed by atoms with E-state index in [1.807, 2.05) is 69.4 Å². The van der Waals surface area contributed by atoms with Crippen molar-refractivity contribution in [3.63, 3.8) is 0 Å². The molecule has 156 valence electrons. The lowest BCUT2D eigenvalue weighted by Gasteiger charge is -2.19. The van der Waals surface area contributed by atoms with Crippen LogP contribution in [0, 0.1) is 13.8 Å². The molecular formula is C22H29N3O3S. The second kappa shape index (κ2) is 11.4. The predicted octanol–water partition coefficient (Wildman–Crippen LogP) is 2.63. The van der Waals surface area contributed by atoms with Gasteiger partial charge in [-0.25, -0.2) is 0 Å². The molecular weight excluding hydrogens is 386 g/mol. The predicted molar refractivity (Wildman–Crippen MR) is 120 cm³/mol. The summed E-state index contributed by atoms with van der Waals surface area (Å²) in [5, 5.41) is 5.56. The van der Waals surface area contributed by atoms with Crippen molar-refractivity contribution < 1.29 is 13.8 Å². The number of hydrogen-bond acceptors (Lipinski definition) is 4. The average Bonchev–Trinajstić information content (AvgIpc) is 2.68. The molecule has 2 N–H and O–H groups in total. The van der Waals surface area contributed by atoms with Crippen LogP contribution >= 0.6 is 0 Å². The summed E-state index contributed by atoms with van der Waals surface area (Å²) in [6.07, 6.45) is 0.775. The van der Waals surface area contributed by atoms with Crippen molar-refractivity contribution in [1.29, 1.82) is 0 Å². The van der Waals surface area contributed by atoms with Crippen LogP contribution in [-0.2, 0) is 20.4 Å². The number of amides is 2. The lowest BCUT2D eigenvalue weighted by Crippen LogP contribution is -2.33. The fourth-order valence-electron chi connectivity index (χ4n) is 2.94. The van der Waals surface area contributed by atoms with Gasteiger partial charge in [0.2, 0.25) is 11.8 Å². The summed E-state index contributed by atoms with van der Waals surface area (Å²) in [6.45, 7) is 5.11. The van der Waals surface area contributed by atoms with Crippen LogP contribution in [0.5, 0.6) is 0 Å². The number of carbonyl (C=O) groups excluding carboxylic acids is 2. The van der Waals surface area contributed by atoms with Gasteiger partial charge in [0.05, 0.1) is 0 Å². The molecule has 6 nitrogen and oxygen atoms in total. The van der Waals surface area contributed by atoms with Gasteiger partial charge in [-0.15, -0.1) is 0 Å². The molecule has 0 unspecified atom stereocenters. The van der Waals surface area contributed by atoms with Gasteiger partial charge in [0, 0.05) is 42.3 Å². The third-order valence-electron chi connectivity index (χ3n) is 4.52. The maximum atomic E-state index is 12.1. The highest BCUT2D eigenvalue weighted by Gasteiger charge is 2.14. The van der Waals surface area contributed by atoms with Gasteiger partial charge < -0.3 is 15.5 Å². The van der Waals surface area contributed by atoms with E-state index in [2.05, 4.69) is 15.5 Å². The van der Waals surface area contributed by atoms with Gasteiger partial charge in [-0.1, -0.05) is 36.4 Å². The molecule has 0 radical (unpaired) electrons. The zero-order chi connectivity index (χ0) is 21.2. The molecule has 0 saturated heterocycles. The molecule has 2 aromatic carbocycles. The van der Waals surface area contributed by atoms with Gasteiger partial charge in [0.1, 0.15) is 11.5 Å². The Morgan fingerprint density at radius 2 is 1.55 bits per heavy atom. The first-order valence-electron chi connectivity index (χ1n) is 9.60. The number of nitrogens with zero attached hydrogens (tertiary/aromatic N) is 1. The Balaban J connectivity index is 1.67. The Labute approximate surface area is 175 Å². The number of carbonyl (C=O) groups is 2. The summed E-state index contributed by atoms with van der Waals surface area (Å²) in [5.74, 6) is -1.02. The summed E-state index contributed by atoms with van der Waals surface area (Å²) < 4.78 is 12.1. The molecule has 0 aromatic heterocycles. The third-order valence-corrected chi connectivity index (χ3v) is 5.69. The minimum atomic E-state index is -1.55. The van der Waals surface area contributed by atoms with Crippen molar-refractivity contribution in [3.05, 3.63) is 59.7 Å². The maximum absolute atomic E-state index is 12.1. The van der Waals surface area contributed by atoms with E-state index in [0.29, 0.717) is 6.54 Å². The van der Waals surface area contributed by atoms with Gasteiger partial charge in [-0.3, -0.25) is 13.8 Å². The van der Waals surface area contributed by atoms with E-state index in [9.17, 15) is 13.8 Å². The number of benzene rings is 2. The average molecular weight is 416 g/mol. The van der Waals surface area contributed by atoms with E-state index in [0.717, 1.165) is 35.5 Å². The second-order valence-corrected chi connectivity index (χ2v) is 8.46. The van der Waals surface area contributed by atoms with Crippen LogP contribution in [0.1, 0.15) is 17.5 Å². The summed E-state index contributed by atoms with van der Waals surface area (Å²) in [6, 6.07) is 15.7. The Hall–Kier alpha value is -2.67. The van der Waals surface area contributed by atoms with E-state index >= 15 is 0 Å². The standard InChI is InChI=1S/C22H29N3O3S/c1-17-9-7-10-18(2)22(17)24-21(27)16-29(28)15-20(26)23-13-8-14-25(3)19-11-5-4-6-12-19/h4-7,9-12H,8,13-16H2,1-3H3,(H,23,26)(H,24,27)/t29-/m1/s1. The number of para-hydroxylation sites is 2. The molecule has 0 bridgehead atoms. The zero-order valence-corrected chi connectivity index (χ0v) is 18.1. The van der Waals surface area contributed by atoms with Crippen LogP contribution < -0.4 is 15.5 Å². The first kappa shape index (κ1) is 22.6. The molecule has 29 heavy (non-hydrogen) atoms. The van der Waals surface area contributed by atoms with Gasteiger partial charge in [-0.2, -0.15) is 0 Å². The molecule has 7 heteroatoms. The van der Waals surface area contributed by atoms with E-state index in [1.165, 1.54) is 0 Å². The zero-order valence-electron chi connectivity index (χ0n) is 17.2. The number of anilines is 2.